The number of aromatic nitrogens is 4. The minimum Gasteiger partial charge on any atom is -0.351 e. The summed E-state index contributed by atoms with van der Waals surface area (Å²) in [5, 5.41) is 12.6. The molecule has 2 N–H and O–H groups in total. The van der Waals surface area contributed by atoms with Gasteiger partial charge in [0.05, 0.1) is 23.1 Å². The van der Waals surface area contributed by atoms with E-state index in [0.29, 0.717) is 28.5 Å². The minimum atomic E-state index is 0.441. The number of anilines is 1. The first-order valence-corrected chi connectivity index (χ1v) is 11.7. The van der Waals surface area contributed by atoms with E-state index < -0.39 is 0 Å². The second kappa shape index (κ2) is 6.95. The molecule has 154 valence electrons. The van der Waals surface area contributed by atoms with Gasteiger partial charge in [-0.3, -0.25) is 4.68 Å². The van der Waals surface area contributed by atoms with Gasteiger partial charge in [0.1, 0.15) is 0 Å². The van der Waals surface area contributed by atoms with E-state index in [2.05, 4.69) is 25.4 Å². The predicted molar refractivity (Wildman–Crippen MR) is 114 cm³/mol. The van der Waals surface area contributed by atoms with Gasteiger partial charge in [0.2, 0.25) is 5.95 Å². The molecule has 6 nitrogen and oxygen atoms in total. The topological polar surface area (TPSA) is 67.7 Å². The lowest BCUT2D eigenvalue weighted by Crippen LogP contribution is -2.45. The summed E-state index contributed by atoms with van der Waals surface area (Å²) in [6.45, 7) is 1.05. The molecule has 3 fully saturated rings. The molecule has 3 saturated carbocycles. The average molecular weight is 413 g/mol. The van der Waals surface area contributed by atoms with Gasteiger partial charge in [0, 0.05) is 35.9 Å². The summed E-state index contributed by atoms with van der Waals surface area (Å²) in [5.74, 6) is 0.693. The van der Waals surface area contributed by atoms with Crippen LogP contribution in [0.15, 0.2) is 12.4 Å². The van der Waals surface area contributed by atoms with E-state index in [1.807, 2.05) is 6.20 Å². The Morgan fingerprint density at radius 1 is 1.00 bits per heavy atom. The van der Waals surface area contributed by atoms with Crippen LogP contribution in [0.5, 0.6) is 0 Å². The molecule has 29 heavy (non-hydrogen) atoms. The number of nitrogens with zero attached hydrogens (tertiary/aromatic N) is 4. The Kier molecular flexibility index (Phi) is 4.34. The Morgan fingerprint density at radius 2 is 1.76 bits per heavy atom. The summed E-state index contributed by atoms with van der Waals surface area (Å²) < 4.78 is 2.16. The Morgan fingerprint density at radius 3 is 2.48 bits per heavy atom. The fourth-order valence-corrected chi connectivity index (χ4v) is 5.49. The fraction of sp³-hybridized carbons (Fsp3) is 0.682. The van der Waals surface area contributed by atoms with Crippen LogP contribution >= 0.6 is 11.6 Å². The molecule has 1 spiro atoms. The molecular formula is C22H29ClN6. The zero-order valence-corrected chi connectivity index (χ0v) is 17.6. The molecule has 3 heterocycles. The van der Waals surface area contributed by atoms with Crippen molar-refractivity contribution in [1.82, 2.24) is 25.1 Å². The Labute approximate surface area is 176 Å². The van der Waals surface area contributed by atoms with Crippen LogP contribution < -0.4 is 10.6 Å². The van der Waals surface area contributed by atoms with Gasteiger partial charge in [-0.25, -0.2) is 9.97 Å². The van der Waals surface area contributed by atoms with Crippen molar-refractivity contribution in [3.05, 3.63) is 23.1 Å². The zero-order valence-electron chi connectivity index (χ0n) is 16.8. The van der Waals surface area contributed by atoms with Crippen LogP contribution in [0.3, 0.4) is 0 Å². The van der Waals surface area contributed by atoms with Crippen molar-refractivity contribution >= 4 is 17.5 Å². The van der Waals surface area contributed by atoms with Crippen molar-refractivity contribution in [1.29, 1.82) is 0 Å². The van der Waals surface area contributed by atoms with Crippen molar-refractivity contribution in [2.45, 2.75) is 88.9 Å². The molecule has 0 unspecified atom stereocenters. The smallest absolute Gasteiger partial charge is 0.223 e. The highest BCUT2D eigenvalue weighted by Gasteiger charge is 2.48. The van der Waals surface area contributed by atoms with E-state index in [1.54, 1.807) is 6.20 Å². The highest BCUT2D eigenvalue weighted by Crippen LogP contribution is 2.54. The monoisotopic (exact) mass is 412 g/mol. The molecular weight excluding hydrogens is 384 g/mol. The molecule has 4 aliphatic rings. The van der Waals surface area contributed by atoms with E-state index >= 15 is 0 Å². The van der Waals surface area contributed by atoms with Gasteiger partial charge in [-0.2, -0.15) is 5.10 Å². The second-order valence-electron chi connectivity index (χ2n) is 9.72. The minimum absolute atomic E-state index is 0.441. The first-order valence-electron chi connectivity index (χ1n) is 11.3. The maximum Gasteiger partial charge on any atom is 0.223 e. The van der Waals surface area contributed by atoms with Crippen LogP contribution in [0.25, 0.3) is 11.3 Å². The molecule has 1 aliphatic heterocycles. The highest BCUT2D eigenvalue weighted by atomic mass is 35.5. The number of hydrogen-bond donors (Lipinski definition) is 2. The molecule has 0 bridgehead atoms. The van der Waals surface area contributed by atoms with Crippen LogP contribution in [-0.2, 0) is 13.0 Å². The maximum atomic E-state index is 6.51. The van der Waals surface area contributed by atoms with Crippen LogP contribution in [0.2, 0.25) is 5.02 Å². The maximum absolute atomic E-state index is 6.51. The molecule has 6 rings (SSSR count). The molecule has 0 atom stereocenters. The molecule has 0 amide bonds. The first kappa shape index (κ1) is 18.1. The van der Waals surface area contributed by atoms with Crippen LogP contribution in [-0.4, -0.2) is 37.9 Å². The van der Waals surface area contributed by atoms with E-state index in [-0.39, 0.29) is 0 Å². The Hall–Kier alpha value is -1.66. The lowest BCUT2D eigenvalue weighted by Gasteiger charge is -2.35. The highest BCUT2D eigenvalue weighted by molar-refractivity contribution is 6.32. The summed E-state index contributed by atoms with van der Waals surface area (Å²) >= 11 is 6.51. The largest absolute Gasteiger partial charge is 0.351 e. The van der Waals surface area contributed by atoms with Crippen molar-refractivity contribution in [2.75, 3.05) is 5.32 Å². The molecule has 2 aromatic heterocycles. The van der Waals surface area contributed by atoms with Gasteiger partial charge in [0.15, 0.2) is 0 Å². The average Bonchev–Trinajstić information content (AvgIpc) is 3.19. The number of rotatable bonds is 5. The van der Waals surface area contributed by atoms with Crippen molar-refractivity contribution in [3.8, 4) is 11.3 Å². The second-order valence-corrected chi connectivity index (χ2v) is 10.1. The molecule has 2 aromatic rings. The normalized spacial score (nSPS) is 27.6. The standard InChI is InChI=1S/C22H29ClN6/c23-18-12-24-21(27-16-6-4-15(5-7-16)26-14-2-1-3-14)28-20(18)17-11-25-29-13-22(8-9-22)10-19(17)29/h11-12,14-16,26H,1-10,13H2,(H,24,27,28)/t15-,16-. The van der Waals surface area contributed by atoms with Gasteiger partial charge in [-0.1, -0.05) is 18.0 Å². The molecule has 0 saturated heterocycles. The molecule has 7 heteroatoms. The van der Waals surface area contributed by atoms with E-state index in [1.165, 1.54) is 50.6 Å². The third kappa shape index (κ3) is 3.44. The number of fused-ring (bicyclic) bond motifs is 1. The Balaban J connectivity index is 1.14. The molecule has 0 radical (unpaired) electrons. The van der Waals surface area contributed by atoms with Crippen LogP contribution in [0, 0.1) is 5.41 Å². The third-order valence-corrected chi connectivity index (χ3v) is 7.85. The third-order valence-electron chi connectivity index (χ3n) is 7.57. The zero-order chi connectivity index (χ0) is 19.4. The summed E-state index contributed by atoms with van der Waals surface area (Å²) in [5.41, 5.74) is 3.67. The van der Waals surface area contributed by atoms with Crippen LogP contribution in [0.1, 0.15) is 63.5 Å². The number of nitrogens with one attached hydrogen (secondary N) is 2. The molecule has 3 aliphatic carbocycles. The first-order chi connectivity index (χ1) is 14.2. The lowest BCUT2D eigenvalue weighted by molar-refractivity contribution is 0.260. The van der Waals surface area contributed by atoms with Gasteiger partial charge < -0.3 is 10.6 Å². The van der Waals surface area contributed by atoms with E-state index in [4.69, 9.17) is 16.6 Å². The van der Waals surface area contributed by atoms with Crippen LogP contribution in [0.4, 0.5) is 5.95 Å². The SMILES string of the molecule is Clc1cnc(N[C@H]2CC[C@H](NC3CCC3)CC2)nc1-c1cnn2c1CC1(CC1)C2. The fourth-order valence-electron chi connectivity index (χ4n) is 5.29. The summed E-state index contributed by atoms with van der Waals surface area (Å²) in [6, 6.07) is 1.90. The lowest BCUT2D eigenvalue weighted by atomic mass is 9.87. The van der Waals surface area contributed by atoms with Gasteiger partial charge in [-0.05, 0) is 63.2 Å². The Bertz CT molecular complexity index is 908. The summed E-state index contributed by atoms with van der Waals surface area (Å²) in [4.78, 5) is 9.29. The quantitative estimate of drug-likeness (QED) is 0.770. The van der Waals surface area contributed by atoms with Crippen molar-refractivity contribution < 1.29 is 0 Å². The number of halogens is 1. The van der Waals surface area contributed by atoms with Crippen molar-refractivity contribution in [2.24, 2.45) is 5.41 Å². The predicted octanol–water partition coefficient (Wildman–Crippen LogP) is 4.20. The van der Waals surface area contributed by atoms with E-state index in [0.717, 1.165) is 43.1 Å². The van der Waals surface area contributed by atoms with Gasteiger partial charge >= 0.3 is 0 Å². The number of hydrogen-bond acceptors (Lipinski definition) is 5. The van der Waals surface area contributed by atoms with E-state index in [9.17, 15) is 0 Å². The van der Waals surface area contributed by atoms with Gasteiger partial charge in [0.25, 0.3) is 0 Å². The van der Waals surface area contributed by atoms with Gasteiger partial charge in [-0.15, -0.1) is 0 Å². The summed E-state index contributed by atoms with van der Waals surface area (Å²) in [7, 11) is 0. The molecule has 0 aromatic carbocycles. The van der Waals surface area contributed by atoms with Crippen molar-refractivity contribution in [3.63, 3.8) is 0 Å². The summed E-state index contributed by atoms with van der Waals surface area (Å²) in [6.07, 6.45) is 16.3.